The lowest BCUT2D eigenvalue weighted by atomic mass is 9.93. The highest BCUT2D eigenvalue weighted by atomic mass is 79.9. The maximum atomic E-state index is 13.2. The van der Waals surface area contributed by atoms with E-state index in [1.54, 1.807) is 24.3 Å². The van der Waals surface area contributed by atoms with Crippen molar-refractivity contribution in [2.45, 2.75) is 11.8 Å². The van der Waals surface area contributed by atoms with E-state index in [2.05, 4.69) is 26.2 Å². The van der Waals surface area contributed by atoms with Gasteiger partial charge in [0.2, 0.25) is 11.5 Å². The molecule has 2 aromatic carbocycles. The van der Waals surface area contributed by atoms with E-state index < -0.39 is 17.6 Å². The van der Waals surface area contributed by atoms with Gasteiger partial charge >= 0.3 is 0 Å². The molecule has 3 aromatic rings. The number of rotatable bonds is 3. The van der Waals surface area contributed by atoms with Crippen LogP contribution >= 0.6 is 27.5 Å². The third-order valence-corrected chi connectivity index (χ3v) is 5.47. The van der Waals surface area contributed by atoms with Gasteiger partial charge in [0.05, 0.1) is 11.6 Å². The van der Waals surface area contributed by atoms with E-state index in [9.17, 15) is 9.90 Å². The first-order valence-corrected chi connectivity index (χ1v) is 9.56. The lowest BCUT2D eigenvalue weighted by Gasteiger charge is -2.24. The first-order valence-electron chi connectivity index (χ1n) is 8.39. The van der Waals surface area contributed by atoms with Gasteiger partial charge in [0.1, 0.15) is 11.8 Å². The van der Waals surface area contributed by atoms with Crippen LogP contribution in [0, 0.1) is 11.3 Å². The number of nitriles is 1. The van der Waals surface area contributed by atoms with Gasteiger partial charge in [-0.3, -0.25) is 15.1 Å². The summed E-state index contributed by atoms with van der Waals surface area (Å²) in [4.78, 5) is 17.2. The number of aliphatic hydroxyl groups is 1. The molecule has 138 valence electrons. The summed E-state index contributed by atoms with van der Waals surface area (Å²) < 4.78 is 0.834. The zero-order chi connectivity index (χ0) is 19.9. The van der Waals surface area contributed by atoms with Gasteiger partial charge < -0.3 is 5.11 Å². The van der Waals surface area contributed by atoms with E-state index in [1.807, 2.05) is 24.3 Å². The van der Waals surface area contributed by atoms with Crippen LogP contribution in [0.2, 0.25) is 5.02 Å². The number of nitrogens with one attached hydrogen (secondary N) is 1. The fourth-order valence-corrected chi connectivity index (χ4v) is 3.86. The van der Waals surface area contributed by atoms with Crippen molar-refractivity contribution in [3.05, 3.63) is 98.2 Å². The maximum absolute atomic E-state index is 13.2. The third-order valence-electron chi connectivity index (χ3n) is 4.72. The Morgan fingerprint density at radius 2 is 1.96 bits per heavy atom. The first kappa shape index (κ1) is 18.8. The van der Waals surface area contributed by atoms with Gasteiger partial charge in [0.15, 0.2) is 0 Å². The number of pyridine rings is 1. The smallest absolute Gasteiger partial charge is 0.232 e. The lowest BCUT2D eigenvalue weighted by molar-refractivity contribution is 0.0130. The molecule has 0 bridgehead atoms. The Kier molecular flexibility index (Phi) is 4.77. The van der Waals surface area contributed by atoms with Crippen LogP contribution in [0.1, 0.15) is 38.8 Å². The molecule has 0 fully saturated rings. The topological polar surface area (TPSA) is 86.0 Å². The van der Waals surface area contributed by atoms with Crippen LogP contribution in [-0.4, -0.2) is 15.9 Å². The highest BCUT2D eigenvalue weighted by Gasteiger charge is 2.48. The van der Waals surface area contributed by atoms with E-state index in [0.717, 1.165) is 15.6 Å². The highest BCUT2D eigenvalue weighted by molar-refractivity contribution is 9.10. The van der Waals surface area contributed by atoms with Crippen molar-refractivity contribution in [2.24, 2.45) is 0 Å². The van der Waals surface area contributed by atoms with Gasteiger partial charge in [-0.25, -0.2) is 0 Å². The number of hydrogen-bond donors (Lipinski definition) is 2. The van der Waals surface area contributed by atoms with Crippen molar-refractivity contribution in [3.8, 4) is 6.07 Å². The van der Waals surface area contributed by atoms with Gasteiger partial charge in [0.25, 0.3) is 0 Å². The zero-order valence-electron chi connectivity index (χ0n) is 14.4. The molecule has 4 rings (SSSR count). The Labute approximate surface area is 174 Å². The molecule has 5 nitrogen and oxygen atoms in total. The molecular formula is C21H13BrClN3O2. The van der Waals surface area contributed by atoms with Crippen LogP contribution in [0.25, 0.3) is 0 Å². The molecule has 1 aliphatic rings. The van der Waals surface area contributed by atoms with Crippen molar-refractivity contribution < 1.29 is 9.90 Å². The normalized spacial score (nSPS) is 20.4. The Morgan fingerprint density at radius 3 is 2.61 bits per heavy atom. The number of halogens is 2. The first-order chi connectivity index (χ1) is 13.4. The molecule has 2 unspecified atom stereocenters. The molecule has 2 atom stereocenters. The van der Waals surface area contributed by atoms with Gasteiger partial charge in [-0.15, -0.1) is 0 Å². The van der Waals surface area contributed by atoms with Crippen molar-refractivity contribution in [2.75, 3.05) is 0 Å². The van der Waals surface area contributed by atoms with Crippen molar-refractivity contribution in [3.63, 3.8) is 0 Å². The minimum atomic E-state index is -1.94. The number of benzene rings is 2. The molecule has 0 saturated carbocycles. The Hall–Kier alpha value is -2.56. The van der Waals surface area contributed by atoms with Crippen LogP contribution in [0.5, 0.6) is 0 Å². The molecule has 0 amide bonds. The van der Waals surface area contributed by atoms with Crippen LogP contribution in [0.4, 0.5) is 0 Å². The SMILES string of the molecule is N#Cc1ccc(C(=O)C2(O)NC(c3ccc(Cl)cc3)c3cc(Br)ccc32)nc1. The number of ketones is 1. The Bertz CT molecular complexity index is 1110. The second-order valence-corrected chi connectivity index (χ2v) is 7.80. The standard InChI is InChI=1S/C21H13BrClN3O2/c22-14-4-7-17-16(9-14)19(13-2-5-15(23)6-3-13)26-21(17,28)20(27)18-8-1-12(10-24)11-25-18/h1-9,11,19,26,28H. The lowest BCUT2D eigenvalue weighted by Crippen LogP contribution is -2.46. The van der Waals surface area contributed by atoms with Crippen LogP contribution < -0.4 is 5.32 Å². The average molecular weight is 455 g/mol. The number of nitrogens with zero attached hydrogens (tertiary/aromatic N) is 2. The van der Waals surface area contributed by atoms with Crippen molar-refractivity contribution >= 4 is 33.3 Å². The maximum Gasteiger partial charge on any atom is 0.232 e. The monoisotopic (exact) mass is 453 g/mol. The third kappa shape index (κ3) is 3.13. The fraction of sp³-hybridized carbons (Fsp3) is 0.0952. The Morgan fingerprint density at radius 1 is 1.21 bits per heavy atom. The number of hydrogen-bond acceptors (Lipinski definition) is 5. The molecule has 2 N–H and O–H groups in total. The molecule has 0 aliphatic carbocycles. The summed E-state index contributed by atoms with van der Waals surface area (Å²) in [6.07, 6.45) is 1.31. The number of aromatic nitrogens is 1. The summed E-state index contributed by atoms with van der Waals surface area (Å²) in [5, 5.41) is 23.9. The minimum Gasteiger partial charge on any atom is -0.365 e. The highest BCUT2D eigenvalue weighted by Crippen LogP contribution is 2.42. The van der Waals surface area contributed by atoms with Gasteiger partial charge in [-0.1, -0.05) is 45.7 Å². The molecule has 7 heteroatoms. The average Bonchev–Trinajstić information content (AvgIpc) is 3.01. The fourth-order valence-electron chi connectivity index (χ4n) is 3.35. The van der Waals surface area contributed by atoms with Crippen LogP contribution in [0.15, 0.2) is 65.3 Å². The summed E-state index contributed by atoms with van der Waals surface area (Å²) in [5.74, 6) is -0.586. The quantitative estimate of drug-likeness (QED) is 0.582. The minimum absolute atomic E-state index is 0.0691. The molecule has 2 heterocycles. The zero-order valence-corrected chi connectivity index (χ0v) is 16.7. The summed E-state index contributed by atoms with van der Waals surface area (Å²) in [5.41, 5.74) is 0.570. The Balaban J connectivity index is 1.80. The molecule has 1 aliphatic heterocycles. The summed E-state index contributed by atoms with van der Waals surface area (Å²) >= 11 is 9.45. The summed E-state index contributed by atoms with van der Waals surface area (Å²) in [7, 11) is 0. The molecular weight excluding hydrogens is 442 g/mol. The second-order valence-electron chi connectivity index (χ2n) is 6.44. The van der Waals surface area contributed by atoms with E-state index in [4.69, 9.17) is 16.9 Å². The van der Waals surface area contributed by atoms with Crippen LogP contribution in [-0.2, 0) is 5.72 Å². The number of Topliss-reactive ketones (excluding diaryl/α,β-unsaturated/α-hetero) is 1. The van der Waals surface area contributed by atoms with Gasteiger partial charge in [0, 0.05) is 21.3 Å². The van der Waals surface area contributed by atoms with E-state index >= 15 is 0 Å². The molecule has 0 radical (unpaired) electrons. The summed E-state index contributed by atoms with van der Waals surface area (Å²) in [6.45, 7) is 0. The molecule has 0 spiro atoms. The van der Waals surface area contributed by atoms with E-state index in [1.165, 1.54) is 18.3 Å². The predicted octanol–water partition coefficient (Wildman–Crippen LogP) is 4.09. The van der Waals surface area contributed by atoms with Gasteiger partial charge in [-0.2, -0.15) is 5.26 Å². The van der Waals surface area contributed by atoms with Crippen molar-refractivity contribution in [1.29, 1.82) is 5.26 Å². The van der Waals surface area contributed by atoms with Crippen LogP contribution in [0.3, 0.4) is 0 Å². The molecule has 1 aromatic heterocycles. The number of carbonyl (C=O) groups is 1. The number of fused-ring (bicyclic) bond motifs is 1. The van der Waals surface area contributed by atoms with E-state index in [-0.39, 0.29) is 5.69 Å². The van der Waals surface area contributed by atoms with Gasteiger partial charge in [-0.05, 0) is 47.5 Å². The summed E-state index contributed by atoms with van der Waals surface area (Å²) in [6, 6.07) is 17.1. The van der Waals surface area contributed by atoms with Crippen molar-refractivity contribution in [1.82, 2.24) is 10.3 Å². The number of carbonyl (C=O) groups excluding carboxylic acids is 1. The largest absolute Gasteiger partial charge is 0.365 e. The predicted molar refractivity (Wildman–Crippen MR) is 108 cm³/mol. The van der Waals surface area contributed by atoms with E-state index in [0.29, 0.717) is 16.1 Å². The molecule has 0 saturated heterocycles. The molecule has 28 heavy (non-hydrogen) atoms. The second kappa shape index (κ2) is 7.12.